The Morgan fingerprint density at radius 1 is 1.26 bits per heavy atom. The quantitative estimate of drug-likeness (QED) is 0.809. The number of benzene rings is 1. The number of rotatable bonds is 4. The predicted molar refractivity (Wildman–Crippen MR) is 80.8 cm³/mol. The van der Waals surface area contributed by atoms with Crippen LogP contribution >= 0.6 is 15.9 Å². The lowest BCUT2D eigenvalue weighted by atomic mass is 10.1. The molecule has 0 saturated carbocycles. The minimum absolute atomic E-state index is 0.0674. The maximum atomic E-state index is 8.99. The van der Waals surface area contributed by atoms with Crippen molar-refractivity contribution >= 4 is 27.4 Å². The summed E-state index contributed by atoms with van der Waals surface area (Å²) < 4.78 is 0.888. The Morgan fingerprint density at radius 3 is 2.53 bits per heavy atom. The number of aliphatic hydroxyl groups excluding tert-OH is 1. The van der Waals surface area contributed by atoms with E-state index < -0.39 is 0 Å². The molecular formula is C14H16BrN3O. The first-order valence-corrected chi connectivity index (χ1v) is 6.74. The van der Waals surface area contributed by atoms with Gasteiger partial charge in [-0.25, -0.2) is 4.98 Å². The van der Waals surface area contributed by atoms with Crippen molar-refractivity contribution in [3.05, 3.63) is 51.6 Å². The number of hydrogen-bond donors (Lipinski definition) is 3. The lowest BCUT2D eigenvalue weighted by molar-refractivity contribution is 0.282. The van der Waals surface area contributed by atoms with Gasteiger partial charge in [0.1, 0.15) is 5.82 Å². The minimum Gasteiger partial charge on any atom is -0.397 e. The van der Waals surface area contributed by atoms with Crippen LogP contribution in [0.15, 0.2) is 34.9 Å². The van der Waals surface area contributed by atoms with Gasteiger partial charge in [0, 0.05) is 6.54 Å². The van der Waals surface area contributed by atoms with Crippen LogP contribution in [-0.4, -0.2) is 10.1 Å². The van der Waals surface area contributed by atoms with Gasteiger partial charge < -0.3 is 16.2 Å². The van der Waals surface area contributed by atoms with Crippen LogP contribution in [0, 0.1) is 6.92 Å². The van der Waals surface area contributed by atoms with E-state index in [9.17, 15) is 0 Å². The third-order valence-corrected chi connectivity index (χ3v) is 3.94. The zero-order chi connectivity index (χ0) is 13.8. The van der Waals surface area contributed by atoms with Crippen LogP contribution in [0.4, 0.5) is 11.5 Å². The highest BCUT2D eigenvalue weighted by Crippen LogP contribution is 2.27. The van der Waals surface area contributed by atoms with Crippen molar-refractivity contribution in [3.8, 4) is 0 Å². The van der Waals surface area contributed by atoms with E-state index in [1.807, 2.05) is 31.2 Å². The molecule has 0 spiro atoms. The van der Waals surface area contributed by atoms with Crippen LogP contribution in [0.1, 0.15) is 16.7 Å². The van der Waals surface area contributed by atoms with Crippen LogP contribution in [0.2, 0.25) is 0 Å². The molecule has 0 aliphatic rings. The number of nitrogens with zero attached hydrogens (tertiary/aromatic N) is 1. The second-order valence-electron chi connectivity index (χ2n) is 4.33. The molecule has 4 nitrogen and oxygen atoms in total. The summed E-state index contributed by atoms with van der Waals surface area (Å²) >= 11 is 3.49. The Bertz CT molecular complexity index is 570. The largest absolute Gasteiger partial charge is 0.397 e. The number of pyridine rings is 1. The molecule has 0 radical (unpaired) electrons. The standard InChI is InChI=1S/C14H16BrN3O/c1-9-12(16)7-18-14(13(9)15)17-6-10-2-4-11(8-19)5-3-10/h2-5,7,19H,6,8,16H2,1H3,(H,17,18). The van der Waals surface area contributed by atoms with E-state index in [2.05, 4.69) is 26.2 Å². The summed E-state index contributed by atoms with van der Waals surface area (Å²) in [6.07, 6.45) is 1.65. The van der Waals surface area contributed by atoms with Crippen molar-refractivity contribution in [2.24, 2.45) is 0 Å². The first-order valence-electron chi connectivity index (χ1n) is 5.95. The van der Waals surface area contributed by atoms with Gasteiger partial charge in [0.25, 0.3) is 0 Å². The van der Waals surface area contributed by atoms with Crippen LogP contribution in [-0.2, 0) is 13.2 Å². The van der Waals surface area contributed by atoms with E-state index in [4.69, 9.17) is 10.8 Å². The van der Waals surface area contributed by atoms with E-state index in [0.29, 0.717) is 12.2 Å². The summed E-state index contributed by atoms with van der Waals surface area (Å²) in [5, 5.41) is 12.2. The van der Waals surface area contributed by atoms with Gasteiger partial charge in [-0.3, -0.25) is 0 Å². The maximum absolute atomic E-state index is 8.99. The number of aliphatic hydroxyl groups is 1. The topological polar surface area (TPSA) is 71.2 Å². The Hall–Kier alpha value is -1.59. The van der Waals surface area contributed by atoms with Crippen molar-refractivity contribution < 1.29 is 5.11 Å². The molecule has 0 unspecified atom stereocenters. The molecule has 1 aromatic carbocycles. The molecule has 2 aromatic rings. The van der Waals surface area contributed by atoms with Crippen molar-refractivity contribution in [2.45, 2.75) is 20.1 Å². The van der Waals surface area contributed by atoms with Gasteiger partial charge in [-0.2, -0.15) is 0 Å². The molecule has 0 aliphatic heterocycles. The number of aromatic nitrogens is 1. The fourth-order valence-corrected chi connectivity index (χ4v) is 2.13. The molecule has 4 N–H and O–H groups in total. The second-order valence-corrected chi connectivity index (χ2v) is 5.12. The van der Waals surface area contributed by atoms with Crippen LogP contribution in [0.5, 0.6) is 0 Å². The molecule has 0 aliphatic carbocycles. The van der Waals surface area contributed by atoms with E-state index in [-0.39, 0.29) is 6.61 Å². The number of hydrogen-bond acceptors (Lipinski definition) is 4. The van der Waals surface area contributed by atoms with Gasteiger partial charge in [0.2, 0.25) is 0 Å². The average Bonchev–Trinajstić information content (AvgIpc) is 2.45. The van der Waals surface area contributed by atoms with Gasteiger partial charge in [0.15, 0.2) is 0 Å². The zero-order valence-electron chi connectivity index (χ0n) is 10.7. The Kier molecular flexibility index (Phi) is 4.39. The Balaban J connectivity index is 2.08. The van der Waals surface area contributed by atoms with Crippen molar-refractivity contribution in [1.29, 1.82) is 0 Å². The first-order chi connectivity index (χ1) is 9.11. The molecule has 5 heteroatoms. The Labute approximate surface area is 120 Å². The monoisotopic (exact) mass is 321 g/mol. The average molecular weight is 322 g/mol. The van der Waals surface area contributed by atoms with Gasteiger partial charge in [0.05, 0.1) is 23.0 Å². The van der Waals surface area contributed by atoms with E-state index in [0.717, 1.165) is 27.0 Å². The summed E-state index contributed by atoms with van der Waals surface area (Å²) in [5.74, 6) is 0.776. The maximum Gasteiger partial charge on any atom is 0.140 e. The third kappa shape index (κ3) is 3.24. The zero-order valence-corrected chi connectivity index (χ0v) is 12.2. The summed E-state index contributed by atoms with van der Waals surface area (Å²) in [6, 6.07) is 7.79. The lowest BCUT2D eigenvalue weighted by Crippen LogP contribution is -2.04. The number of nitrogens with two attached hydrogens (primary N) is 1. The molecule has 0 atom stereocenters. The summed E-state index contributed by atoms with van der Waals surface area (Å²) in [4.78, 5) is 4.26. The molecule has 1 aromatic heterocycles. The molecule has 0 bridgehead atoms. The minimum atomic E-state index is 0.0674. The fraction of sp³-hybridized carbons (Fsp3) is 0.214. The van der Waals surface area contributed by atoms with Crippen LogP contribution in [0.3, 0.4) is 0 Å². The van der Waals surface area contributed by atoms with Gasteiger partial charge >= 0.3 is 0 Å². The number of anilines is 2. The number of nitrogen functional groups attached to an aromatic ring is 1. The fourth-order valence-electron chi connectivity index (χ4n) is 1.66. The van der Waals surface area contributed by atoms with Gasteiger partial charge in [-0.15, -0.1) is 0 Å². The smallest absolute Gasteiger partial charge is 0.140 e. The van der Waals surface area contributed by atoms with Crippen LogP contribution in [0.25, 0.3) is 0 Å². The van der Waals surface area contributed by atoms with Crippen LogP contribution < -0.4 is 11.1 Å². The predicted octanol–water partition coefficient (Wildman–Crippen LogP) is 2.84. The molecule has 19 heavy (non-hydrogen) atoms. The summed E-state index contributed by atoms with van der Waals surface area (Å²) in [5.41, 5.74) is 9.47. The molecule has 1 heterocycles. The van der Waals surface area contributed by atoms with Crippen molar-refractivity contribution in [3.63, 3.8) is 0 Å². The first kappa shape index (κ1) is 13.8. The van der Waals surface area contributed by atoms with Crippen molar-refractivity contribution in [1.82, 2.24) is 4.98 Å². The molecule has 0 amide bonds. The third-order valence-electron chi connectivity index (χ3n) is 2.97. The number of nitrogens with one attached hydrogen (secondary N) is 1. The SMILES string of the molecule is Cc1c(N)cnc(NCc2ccc(CO)cc2)c1Br. The summed E-state index contributed by atoms with van der Waals surface area (Å²) in [7, 11) is 0. The summed E-state index contributed by atoms with van der Waals surface area (Å²) in [6.45, 7) is 2.68. The molecular weight excluding hydrogens is 306 g/mol. The molecule has 100 valence electrons. The van der Waals surface area contributed by atoms with E-state index in [1.54, 1.807) is 6.20 Å². The normalized spacial score (nSPS) is 10.5. The number of halogens is 1. The van der Waals surface area contributed by atoms with E-state index in [1.165, 1.54) is 0 Å². The molecule has 0 saturated heterocycles. The molecule has 2 rings (SSSR count). The van der Waals surface area contributed by atoms with Crippen molar-refractivity contribution in [2.75, 3.05) is 11.1 Å². The Morgan fingerprint density at radius 2 is 1.89 bits per heavy atom. The second kappa shape index (κ2) is 6.04. The highest BCUT2D eigenvalue weighted by molar-refractivity contribution is 9.10. The molecule has 0 fully saturated rings. The lowest BCUT2D eigenvalue weighted by Gasteiger charge is -2.11. The highest BCUT2D eigenvalue weighted by Gasteiger charge is 2.06. The van der Waals surface area contributed by atoms with Gasteiger partial charge in [-0.1, -0.05) is 24.3 Å². The highest BCUT2D eigenvalue weighted by atomic mass is 79.9. The van der Waals surface area contributed by atoms with E-state index >= 15 is 0 Å². The van der Waals surface area contributed by atoms with Gasteiger partial charge in [-0.05, 0) is 39.5 Å².